The Morgan fingerprint density at radius 2 is 1.58 bits per heavy atom. The third-order valence-corrected chi connectivity index (χ3v) is 4.16. The minimum Gasteiger partial charge on any atom is -0.342 e. The van der Waals surface area contributed by atoms with Crippen LogP contribution in [0.5, 0.6) is 0 Å². The van der Waals surface area contributed by atoms with Gasteiger partial charge in [0.2, 0.25) is 15.9 Å². The van der Waals surface area contributed by atoms with Crippen LogP contribution in [0.1, 0.15) is 20.3 Å². The maximum atomic E-state index is 12.0. The predicted octanol–water partition coefficient (Wildman–Crippen LogP) is 0.0681. The fourth-order valence-corrected chi connectivity index (χ4v) is 2.56. The molecule has 7 heteroatoms. The molecule has 0 fully saturated rings. The number of hydrogen-bond acceptors (Lipinski definition) is 4. The normalized spacial score (nSPS) is 12.2. The Hall–Kier alpha value is -0.660. The summed E-state index contributed by atoms with van der Waals surface area (Å²) in [5.41, 5.74) is 0. The van der Waals surface area contributed by atoms with Crippen molar-refractivity contribution in [1.29, 1.82) is 0 Å². The number of nitrogens with zero attached hydrogens (tertiary/aromatic N) is 3. The summed E-state index contributed by atoms with van der Waals surface area (Å²) >= 11 is 0. The molecule has 19 heavy (non-hydrogen) atoms. The largest absolute Gasteiger partial charge is 0.342 e. The number of likely N-dealkylation sites (N-methyl/N-ethyl adjacent to an activating group) is 1. The molecule has 0 saturated heterocycles. The van der Waals surface area contributed by atoms with E-state index in [-0.39, 0.29) is 12.5 Å². The van der Waals surface area contributed by atoms with Crippen LogP contribution < -0.4 is 0 Å². The molecular formula is C12H27N3O3S. The van der Waals surface area contributed by atoms with Crippen LogP contribution >= 0.6 is 0 Å². The van der Waals surface area contributed by atoms with Crippen LogP contribution in [0, 0.1) is 0 Å². The molecule has 0 saturated carbocycles. The van der Waals surface area contributed by atoms with E-state index in [1.165, 1.54) is 4.31 Å². The van der Waals surface area contributed by atoms with Gasteiger partial charge in [0.15, 0.2) is 0 Å². The summed E-state index contributed by atoms with van der Waals surface area (Å²) in [6, 6.07) is 0. The second kappa shape index (κ2) is 8.50. The van der Waals surface area contributed by atoms with Crippen molar-refractivity contribution in [3.63, 3.8) is 0 Å². The van der Waals surface area contributed by atoms with Crippen molar-refractivity contribution < 1.29 is 13.2 Å². The summed E-state index contributed by atoms with van der Waals surface area (Å²) in [6.07, 6.45) is 1.86. The molecule has 0 atom stereocenters. The van der Waals surface area contributed by atoms with Gasteiger partial charge in [-0.05, 0) is 40.9 Å². The highest BCUT2D eigenvalue weighted by Crippen LogP contribution is 2.02. The molecule has 0 unspecified atom stereocenters. The fraction of sp³-hybridized carbons (Fsp3) is 0.917. The summed E-state index contributed by atoms with van der Waals surface area (Å²) in [6.45, 7) is 6.09. The van der Waals surface area contributed by atoms with E-state index < -0.39 is 10.0 Å². The number of amides is 1. The Labute approximate surface area is 117 Å². The van der Waals surface area contributed by atoms with Gasteiger partial charge in [-0.3, -0.25) is 4.79 Å². The molecule has 0 rings (SSSR count). The summed E-state index contributed by atoms with van der Waals surface area (Å²) in [7, 11) is 0.532. The molecule has 0 aromatic rings. The molecule has 0 spiro atoms. The summed E-state index contributed by atoms with van der Waals surface area (Å²) in [5.74, 6) is -0.139. The quantitative estimate of drug-likeness (QED) is 0.603. The minimum absolute atomic E-state index is 0.0616. The van der Waals surface area contributed by atoms with Crippen molar-refractivity contribution in [2.75, 3.05) is 53.1 Å². The molecule has 114 valence electrons. The van der Waals surface area contributed by atoms with E-state index in [0.717, 1.165) is 12.8 Å². The highest BCUT2D eigenvalue weighted by atomic mass is 32.2. The van der Waals surface area contributed by atoms with Crippen molar-refractivity contribution in [1.82, 2.24) is 14.1 Å². The Balaban J connectivity index is 4.57. The lowest BCUT2D eigenvalue weighted by Crippen LogP contribution is -2.43. The van der Waals surface area contributed by atoms with Crippen molar-refractivity contribution in [3.8, 4) is 0 Å². The van der Waals surface area contributed by atoms with Crippen molar-refractivity contribution in [3.05, 3.63) is 0 Å². The third-order valence-electron chi connectivity index (χ3n) is 2.91. The lowest BCUT2D eigenvalue weighted by Gasteiger charge is -2.24. The van der Waals surface area contributed by atoms with Crippen LogP contribution in [0.25, 0.3) is 0 Å². The van der Waals surface area contributed by atoms with Gasteiger partial charge in [-0.15, -0.1) is 0 Å². The Morgan fingerprint density at radius 3 is 1.95 bits per heavy atom. The van der Waals surface area contributed by atoms with Crippen LogP contribution in [0.3, 0.4) is 0 Å². The van der Waals surface area contributed by atoms with Gasteiger partial charge in [0, 0.05) is 19.6 Å². The van der Waals surface area contributed by atoms with Gasteiger partial charge < -0.3 is 9.80 Å². The molecule has 0 aliphatic rings. The van der Waals surface area contributed by atoms with E-state index in [2.05, 4.69) is 0 Å². The van der Waals surface area contributed by atoms with Gasteiger partial charge in [0.1, 0.15) is 0 Å². The minimum atomic E-state index is -3.34. The smallest absolute Gasteiger partial charge is 0.237 e. The topological polar surface area (TPSA) is 60.9 Å². The average Bonchev–Trinajstić information content (AvgIpc) is 2.27. The first-order valence-electron chi connectivity index (χ1n) is 6.60. The van der Waals surface area contributed by atoms with Crippen LogP contribution in [0.4, 0.5) is 0 Å². The highest BCUT2D eigenvalue weighted by Gasteiger charge is 2.21. The number of carbonyl (C=O) groups excluding carboxylic acids is 1. The number of sulfonamides is 1. The second-order valence-electron chi connectivity index (χ2n) is 4.82. The molecule has 1 amide bonds. The lowest BCUT2D eigenvalue weighted by atomic mass is 10.4. The van der Waals surface area contributed by atoms with Crippen molar-refractivity contribution >= 4 is 15.9 Å². The molecule has 0 bridgehead atoms. The highest BCUT2D eigenvalue weighted by molar-refractivity contribution is 7.88. The summed E-state index contributed by atoms with van der Waals surface area (Å²) in [5, 5.41) is 0. The Kier molecular flexibility index (Phi) is 8.20. The molecule has 0 aliphatic carbocycles. The van der Waals surface area contributed by atoms with Crippen molar-refractivity contribution in [2.24, 2.45) is 0 Å². The zero-order chi connectivity index (χ0) is 15.1. The van der Waals surface area contributed by atoms with E-state index in [4.69, 9.17) is 0 Å². The molecule has 0 aromatic carbocycles. The predicted molar refractivity (Wildman–Crippen MR) is 77.5 cm³/mol. The summed E-state index contributed by atoms with van der Waals surface area (Å²) in [4.78, 5) is 15.6. The SMILES string of the molecule is CCN(CC)C(=O)CN(CCCN(C)C)S(C)(=O)=O. The van der Waals surface area contributed by atoms with Gasteiger partial charge in [0.05, 0.1) is 12.8 Å². The van der Waals surface area contributed by atoms with E-state index in [0.29, 0.717) is 26.1 Å². The number of carbonyl (C=O) groups is 1. The van der Waals surface area contributed by atoms with E-state index in [1.54, 1.807) is 4.90 Å². The zero-order valence-corrected chi connectivity index (χ0v) is 13.5. The van der Waals surface area contributed by atoms with E-state index >= 15 is 0 Å². The van der Waals surface area contributed by atoms with Crippen LogP contribution in [0.15, 0.2) is 0 Å². The molecule has 6 nitrogen and oxygen atoms in total. The van der Waals surface area contributed by atoms with E-state index in [1.807, 2.05) is 32.8 Å². The molecule has 0 heterocycles. The molecule has 0 radical (unpaired) electrons. The van der Waals surface area contributed by atoms with Gasteiger partial charge in [-0.1, -0.05) is 0 Å². The van der Waals surface area contributed by atoms with Gasteiger partial charge in [-0.2, -0.15) is 4.31 Å². The molecular weight excluding hydrogens is 266 g/mol. The molecule has 0 N–H and O–H groups in total. The van der Waals surface area contributed by atoms with Crippen molar-refractivity contribution in [2.45, 2.75) is 20.3 Å². The summed E-state index contributed by atoms with van der Waals surface area (Å²) < 4.78 is 24.6. The van der Waals surface area contributed by atoms with Gasteiger partial charge in [-0.25, -0.2) is 8.42 Å². The van der Waals surface area contributed by atoms with Gasteiger partial charge >= 0.3 is 0 Å². The van der Waals surface area contributed by atoms with Crippen LogP contribution in [-0.4, -0.2) is 81.5 Å². The van der Waals surface area contributed by atoms with Crippen LogP contribution in [-0.2, 0) is 14.8 Å². The lowest BCUT2D eigenvalue weighted by molar-refractivity contribution is -0.131. The first-order chi connectivity index (χ1) is 8.72. The molecule has 0 aliphatic heterocycles. The number of rotatable bonds is 9. The first kappa shape index (κ1) is 18.3. The maximum absolute atomic E-state index is 12.0. The Bertz CT molecular complexity index is 364. The zero-order valence-electron chi connectivity index (χ0n) is 12.7. The standard InChI is InChI=1S/C12H27N3O3S/c1-6-14(7-2)12(16)11-15(19(5,17)18)10-8-9-13(3)4/h6-11H2,1-5H3. The first-order valence-corrected chi connectivity index (χ1v) is 8.44. The Morgan fingerprint density at radius 1 is 1.05 bits per heavy atom. The average molecular weight is 293 g/mol. The van der Waals surface area contributed by atoms with Crippen LogP contribution in [0.2, 0.25) is 0 Å². The van der Waals surface area contributed by atoms with E-state index in [9.17, 15) is 13.2 Å². The molecule has 0 aromatic heterocycles. The maximum Gasteiger partial charge on any atom is 0.237 e. The van der Waals surface area contributed by atoms with Gasteiger partial charge in [0.25, 0.3) is 0 Å². The second-order valence-corrected chi connectivity index (χ2v) is 6.80. The monoisotopic (exact) mass is 293 g/mol. The number of hydrogen-bond donors (Lipinski definition) is 0. The fourth-order valence-electron chi connectivity index (χ4n) is 1.75. The third kappa shape index (κ3) is 7.49.